The van der Waals surface area contributed by atoms with Gasteiger partial charge >= 0.3 is 0 Å². The van der Waals surface area contributed by atoms with Crippen LogP contribution in [0.4, 0.5) is 0 Å². The molecule has 0 unspecified atom stereocenters. The Morgan fingerprint density at radius 1 is 0.317 bits per heavy atom. The predicted octanol–water partition coefficient (Wildman–Crippen LogP) is 13.1. The summed E-state index contributed by atoms with van der Waals surface area (Å²) in [4.78, 5) is 25.5. The van der Waals surface area contributed by atoms with Crippen LogP contribution in [0.25, 0.3) is 90.4 Å². The number of para-hydroxylation sites is 6. The SMILES string of the molecule is CC(C)c1ccccc1-n1c(-c2ccc(-c3nc(-c4ccccc4)nc(-c4ccc(-c5nc6ccccc6n5-c5ccccc5C(C)C)cc4)n3)cc2)nc2ccccc21. The maximum absolute atomic E-state index is 5.16. The van der Waals surface area contributed by atoms with Gasteiger partial charge in [-0.2, -0.15) is 0 Å². The Kier molecular flexibility index (Phi) is 9.41. The first-order valence-electron chi connectivity index (χ1n) is 20.6. The molecule has 3 heterocycles. The van der Waals surface area contributed by atoms with Gasteiger partial charge in [-0.3, -0.25) is 9.13 Å². The number of fused-ring (bicyclic) bond motifs is 2. The summed E-state index contributed by atoms with van der Waals surface area (Å²) in [6, 6.07) is 60.8. The van der Waals surface area contributed by atoms with Crippen LogP contribution in [0.2, 0.25) is 0 Å². The zero-order chi connectivity index (χ0) is 40.7. The lowest BCUT2D eigenvalue weighted by molar-refractivity contribution is 0.850. The highest BCUT2D eigenvalue weighted by Gasteiger charge is 2.21. The van der Waals surface area contributed by atoms with Crippen LogP contribution >= 0.6 is 0 Å². The lowest BCUT2D eigenvalue weighted by atomic mass is 10.0. The molecule has 7 nitrogen and oxygen atoms in total. The van der Waals surface area contributed by atoms with Crippen LogP contribution in [-0.2, 0) is 0 Å². The first-order valence-corrected chi connectivity index (χ1v) is 20.6. The molecule has 0 aliphatic carbocycles. The van der Waals surface area contributed by atoms with Gasteiger partial charge in [0.05, 0.1) is 33.4 Å². The van der Waals surface area contributed by atoms with Crippen LogP contribution in [0.3, 0.4) is 0 Å². The van der Waals surface area contributed by atoms with E-state index in [9.17, 15) is 0 Å². The largest absolute Gasteiger partial charge is 0.292 e. The van der Waals surface area contributed by atoms with Gasteiger partial charge in [0.1, 0.15) is 11.6 Å². The van der Waals surface area contributed by atoms with Crippen molar-refractivity contribution >= 4 is 22.1 Å². The summed E-state index contributed by atoms with van der Waals surface area (Å²) in [5.41, 5.74) is 13.6. The molecule has 0 aliphatic rings. The second-order valence-electron chi connectivity index (χ2n) is 15.8. The van der Waals surface area contributed by atoms with E-state index in [4.69, 9.17) is 24.9 Å². The van der Waals surface area contributed by atoms with Crippen molar-refractivity contribution in [3.63, 3.8) is 0 Å². The molecule has 10 aromatic rings. The summed E-state index contributed by atoms with van der Waals surface area (Å²) in [5, 5.41) is 0. The van der Waals surface area contributed by atoms with Gasteiger partial charge in [0.25, 0.3) is 0 Å². The van der Waals surface area contributed by atoms with Crippen molar-refractivity contribution in [3.05, 3.63) is 187 Å². The highest BCUT2D eigenvalue weighted by Crippen LogP contribution is 2.36. The van der Waals surface area contributed by atoms with Crippen LogP contribution < -0.4 is 0 Å². The molecule has 0 fully saturated rings. The molecule has 0 bridgehead atoms. The summed E-state index contributed by atoms with van der Waals surface area (Å²) in [6.07, 6.45) is 0. The highest BCUT2D eigenvalue weighted by atomic mass is 15.1. The summed E-state index contributed by atoms with van der Waals surface area (Å²) >= 11 is 0. The van der Waals surface area contributed by atoms with E-state index in [0.717, 1.165) is 72.9 Å². The summed E-state index contributed by atoms with van der Waals surface area (Å²) in [5.74, 6) is 4.28. The maximum Gasteiger partial charge on any atom is 0.164 e. The normalized spacial score (nSPS) is 11.6. The molecule has 10 rings (SSSR count). The minimum atomic E-state index is 0.348. The van der Waals surface area contributed by atoms with Crippen molar-refractivity contribution in [2.45, 2.75) is 39.5 Å². The molecule has 0 N–H and O–H groups in total. The number of nitrogens with zero attached hydrogens (tertiary/aromatic N) is 7. The third-order valence-corrected chi connectivity index (χ3v) is 11.2. The lowest BCUT2D eigenvalue weighted by Crippen LogP contribution is -2.03. The number of hydrogen-bond donors (Lipinski definition) is 0. The third kappa shape index (κ3) is 6.64. The average molecular weight is 778 g/mol. The quantitative estimate of drug-likeness (QED) is 0.146. The van der Waals surface area contributed by atoms with Crippen molar-refractivity contribution < 1.29 is 0 Å². The third-order valence-electron chi connectivity index (χ3n) is 11.2. The van der Waals surface area contributed by atoms with E-state index in [1.807, 2.05) is 42.5 Å². The first kappa shape index (κ1) is 36.8. The average Bonchev–Trinajstić information content (AvgIpc) is 3.89. The van der Waals surface area contributed by atoms with Gasteiger partial charge < -0.3 is 0 Å². The van der Waals surface area contributed by atoms with Crippen LogP contribution in [0.15, 0.2) is 176 Å². The number of benzene rings is 7. The second kappa shape index (κ2) is 15.3. The van der Waals surface area contributed by atoms with Gasteiger partial charge in [0, 0.05) is 27.8 Å². The Morgan fingerprint density at radius 3 is 1.07 bits per heavy atom. The molecule has 0 atom stereocenters. The number of aromatic nitrogens is 7. The molecule has 0 aliphatic heterocycles. The van der Waals surface area contributed by atoms with Crippen LogP contribution in [0.5, 0.6) is 0 Å². The van der Waals surface area contributed by atoms with E-state index >= 15 is 0 Å². The standard InChI is InChI=1S/C53H43N7/c1-34(2)41-18-8-12-22-45(41)59-47-24-14-10-20-43(47)54-52(59)39-30-26-37(27-31-39)50-56-49(36-16-6-5-7-17-36)57-51(58-50)38-28-32-40(33-29-38)53-55-44-21-11-15-25-48(44)60(53)46-23-13-9-19-42(46)35(3)4/h5-35H,1-4H3. The van der Waals surface area contributed by atoms with Crippen molar-refractivity contribution in [2.24, 2.45) is 0 Å². The van der Waals surface area contributed by atoms with E-state index in [2.05, 4.69) is 170 Å². The second-order valence-corrected chi connectivity index (χ2v) is 15.8. The van der Waals surface area contributed by atoms with Crippen molar-refractivity contribution in [2.75, 3.05) is 0 Å². The molecule has 0 saturated carbocycles. The first-order chi connectivity index (χ1) is 29.4. The molecular formula is C53H43N7. The minimum Gasteiger partial charge on any atom is -0.292 e. The number of hydrogen-bond acceptors (Lipinski definition) is 5. The molecule has 60 heavy (non-hydrogen) atoms. The topological polar surface area (TPSA) is 74.3 Å². The highest BCUT2D eigenvalue weighted by molar-refractivity contribution is 5.85. The fourth-order valence-corrected chi connectivity index (χ4v) is 8.17. The summed E-state index contributed by atoms with van der Waals surface area (Å²) in [7, 11) is 0. The molecule has 0 amide bonds. The zero-order valence-corrected chi connectivity index (χ0v) is 34.0. The molecule has 3 aromatic heterocycles. The predicted molar refractivity (Wildman–Crippen MR) is 244 cm³/mol. The van der Waals surface area contributed by atoms with Crippen LogP contribution in [0.1, 0.15) is 50.7 Å². The Hall–Kier alpha value is -7.51. The van der Waals surface area contributed by atoms with Gasteiger partial charge in [-0.15, -0.1) is 0 Å². The Balaban J connectivity index is 1.05. The molecular weight excluding hydrogens is 735 g/mol. The fraction of sp³-hybridized carbons (Fsp3) is 0.113. The fourth-order valence-electron chi connectivity index (χ4n) is 8.17. The molecule has 0 spiro atoms. The molecule has 0 radical (unpaired) electrons. The Labute approximate surface area is 349 Å². The van der Waals surface area contributed by atoms with Crippen molar-refractivity contribution in [1.82, 2.24) is 34.1 Å². The molecule has 7 aromatic carbocycles. The monoisotopic (exact) mass is 777 g/mol. The number of imidazole rings is 2. The van der Waals surface area contributed by atoms with E-state index in [1.165, 1.54) is 11.1 Å². The van der Waals surface area contributed by atoms with E-state index in [-0.39, 0.29) is 0 Å². The smallest absolute Gasteiger partial charge is 0.164 e. The van der Waals surface area contributed by atoms with Crippen LogP contribution in [-0.4, -0.2) is 34.1 Å². The maximum atomic E-state index is 5.16. The van der Waals surface area contributed by atoms with Gasteiger partial charge in [0.2, 0.25) is 0 Å². The zero-order valence-electron chi connectivity index (χ0n) is 34.0. The van der Waals surface area contributed by atoms with Crippen molar-refractivity contribution in [3.8, 4) is 68.3 Å². The minimum absolute atomic E-state index is 0.348. The van der Waals surface area contributed by atoms with Gasteiger partial charge in [-0.05, 0) is 59.4 Å². The van der Waals surface area contributed by atoms with Gasteiger partial charge in [0.15, 0.2) is 17.5 Å². The van der Waals surface area contributed by atoms with E-state index in [0.29, 0.717) is 29.3 Å². The van der Waals surface area contributed by atoms with Crippen molar-refractivity contribution in [1.29, 1.82) is 0 Å². The van der Waals surface area contributed by atoms with Gasteiger partial charge in [-0.25, -0.2) is 24.9 Å². The van der Waals surface area contributed by atoms with E-state index < -0.39 is 0 Å². The van der Waals surface area contributed by atoms with Crippen LogP contribution in [0, 0.1) is 0 Å². The lowest BCUT2D eigenvalue weighted by Gasteiger charge is -2.17. The summed E-state index contributed by atoms with van der Waals surface area (Å²) < 4.78 is 4.58. The molecule has 7 heteroatoms. The Morgan fingerprint density at radius 2 is 0.650 bits per heavy atom. The van der Waals surface area contributed by atoms with E-state index in [1.54, 1.807) is 0 Å². The Bertz CT molecular complexity index is 2950. The molecule has 0 saturated heterocycles. The van der Waals surface area contributed by atoms with Gasteiger partial charge in [-0.1, -0.05) is 167 Å². The molecule has 290 valence electrons. The number of rotatable bonds is 9. The summed E-state index contributed by atoms with van der Waals surface area (Å²) in [6.45, 7) is 8.94.